The van der Waals surface area contributed by atoms with Crippen LogP contribution in [0.2, 0.25) is 0 Å². The van der Waals surface area contributed by atoms with Crippen LogP contribution in [-0.4, -0.2) is 65.5 Å². The fourth-order valence-corrected chi connectivity index (χ4v) is 4.37. The average molecular weight is 468 g/mol. The van der Waals surface area contributed by atoms with Crippen LogP contribution < -0.4 is 15.8 Å². The van der Waals surface area contributed by atoms with E-state index in [0.717, 1.165) is 24.1 Å². The normalized spacial score (nSPS) is 16.9. The number of hydrogen-bond acceptors (Lipinski definition) is 5. The largest absolute Gasteiger partial charge is 0.369 e. The summed E-state index contributed by atoms with van der Waals surface area (Å²) >= 11 is 0. The second-order valence-electron chi connectivity index (χ2n) is 9.05. The van der Waals surface area contributed by atoms with Crippen molar-refractivity contribution in [2.24, 2.45) is 0 Å². The minimum Gasteiger partial charge on any atom is -0.369 e. The first kappa shape index (κ1) is 22.5. The number of nitrogens with zero attached hydrogens (tertiary/aromatic N) is 4. The Hall–Kier alpha value is -3.33. The van der Waals surface area contributed by atoms with E-state index in [1.165, 1.54) is 10.9 Å². The zero-order chi connectivity index (χ0) is 23.8. The molecule has 1 amide bonds. The van der Waals surface area contributed by atoms with Crippen LogP contribution in [0.4, 0.5) is 14.5 Å². The van der Waals surface area contributed by atoms with E-state index in [2.05, 4.69) is 15.2 Å². The van der Waals surface area contributed by atoms with E-state index in [1.807, 2.05) is 31.2 Å². The highest BCUT2D eigenvalue weighted by Crippen LogP contribution is 2.23. The summed E-state index contributed by atoms with van der Waals surface area (Å²) in [4.78, 5) is 34.3. The zero-order valence-corrected chi connectivity index (χ0v) is 19.0. The van der Waals surface area contributed by atoms with Crippen molar-refractivity contribution in [2.45, 2.75) is 32.2 Å². The molecule has 1 saturated heterocycles. The van der Waals surface area contributed by atoms with Gasteiger partial charge < -0.3 is 10.2 Å². The molecule has 0 atom stereocenters. The zero-order valence-electron chi connectivity index (χ0n) is 19.0. The van der Waals surface area contributed by atoms with E-state index in [-0.39, 0.29) is 24.1 Å². The van der Waals surface area contributed by atoms with E-state index in [0.29, 0.717) is 48.3 Å². The molecule has 2 aromatic carbocycles. The molecule has 9 heteroatoms. The highest BCUT2D eigenvalue weighted by atomic mass is 19.3. The minimum absolute atomic E-state index is 0.140. The van der Waals surface area contributed by atoms with Gasteiger partial charge in [-0.2, -0.15) is 0 Å². The third kappa shape index (κ3) is 4.65. The molecule has 1 saturated carbocycles. The topological polar surface area (TPSA) is 70.5 Å². The molecule has 0 spiro atoms. The maximum Gasteiger partial charge on any atom is 0.265 e. The number of fused-ring (bicyclic) bond motifs is 1. The van der Waals surface area contributed by atoms with Crippen LogP contribution in [0.3, 0.4) is 0 Å². The number of benzene rings is 2. The van der Waals surface area contributed by atoms with E-state index in [9.17, 15) is 18.4 Å². The molecule has 0 radical (unpaired) electrons. The minimum atomic E-state index is -2.33. The molecule has 178 valence electrons. The van der Waals surface area contributed by atoms with Crippen LogP contribution in [0, 0.1) is 6.92 Å². The number of halogens is 2. The van der Waals surface area contributed by atoms with Gasteiger partial charge in [0.2, 0.25) is 0 Å². The third-order valence-electron chi connectivity index (χ3n) is 6.52. The number of aromatic nitrogens is 2. The number of alkyl halides is 2. The van der Waals surface area contributed by atoms with Gasteiger partial charge >= 0.3 is 0 Å². The van der Waals surface area contributed by atoms with Gasteiger partial charge in [-0.05, 0) is 55.7 Å². The molecule has 7 nitrogen and oxygen atoms in total. The Morgan fingerprint density at radius 3 is 2.59 bits per heavy atom. The van der Waals surface area contributed by atoms with Crippen LogP contribution in [0.25, 0.3) is 16.6 Å². The van der Waals surface area contributed by atoms with Crippen molar-refractivity contribution < 1.29 is 13.6 Å². The summed E-state index contributed by atoms with van der Waals surface area (Å²) in [6.07, 6.45) is 1.17. The average Bonchev–Trinajstić information content (AvgIpc) is 3.64. The van der Waals surface area contributed by atoms with Crippen LogP contribution >= 0.6 is 0 Å². The van der Waals surface area contributed by atoms with Crippen molar-refractivity contribution in [1.82, 2.24) is 19.8 Å². The van der Waals surface area contributed by atoms with Gasteiger partial charge in [0.1, 0.15) is 6.33 Å². The highest BCUT2D eigenvalue weighted by molar-refractivity contribution is 5.95. The lowest BCUT2D eigenvalue weighted by Gasteiger charge is -2.36. The Kier molecular flexibility index (Phi) is 6.03. The number of rotatable bonds is 6. The summed E-state index contributed by atoms with van der Waals surface area (Å²) in [5.41, 5.74) is 3.23. The van der Waals surface area contributed by atoms with Crippen LogP contribution in [0.15, 0.2) is 47.5 Å². The first-order valence-corrected chi connectivity index (χ1v) is 11.6. The van der Waals surface area contributed by atoms with Gasteiger partial charge in [0.05, 0.1) is 23.1 Å². The Labute approximate surface area is 196 Å². The number of amides is 1. The molecule has 2 heterocycles. The van der Waals surface area contributed by atoms with Gasteiger partial charge in [-0.15, -0.1) is 0 Å². The van der Waals surface area contributed by atoms with E-state index in [4.69, 9.17) is 0 Å². The quantitative estimate of drug-likeness (QED) is 0.604. The molecule has 2 aliphatic rings. The number of anilines is 1. The number of nitrogens with one attached hydrogen (secondary N) is 1. The van der Waals surface area contributed by atoms with E-state index >= 15 is 0 Å². The van der Waals surface area contributed by atoms with E-state index < -0.39 is 6.43 Å². The number of aryl methyl sites for hydroxylation is 1. The summed E-state index contributed by atoms with van der Waals surface area (Å²) in [5, 5.41) is 3.45. The molecular weight excluding hydrogens is 440 g/mol. The van der Waals surface area contributed by atoms with Gasteiger partial charge in [-0.1, -0.05) is 6.07 Å². The van der Waals surface area contributed by atoms with Gasteiger partial charge in [0, 0.05) is 43.5 Å². The molecule has 2 fully saturated rings. The Morgan fingerprint density at radius 1 is 1.12 bits per heavy atom. The number of piperazine rings is 1. The maximum atomic E-state index is 13.5. The number of carbonyl (C=O) groups excluding carboxylic acids is 1. The molecule has 34 heavy (non-hydrogen) atoms. The number of carbonyl (C=O) groups is 1. The molecule has 1 aliphatic heterocycles. The van der Waals surface area contributed by atoms with Crippen LogP contribution in [0.5, 0.6) is 0 Å². The smallest absolute Gasteiger partial charge is 0.265 e. The molecule has 5 rings (SSSR count). The van der Waals surface area contributed by atoms with Gasteiger partial charge in [0.15, 0.2) is 0 Å². The monoisotopic (exact) mass is 467 g/mol. The van der Waals surface area contributed by atoms with Crippen molar-refractivity contribution in [3.05, 3.63) is 64.2 Å². The molecule has 1 N–H and O–H groups in total. The van der Waals surface area contributed by atoms with Crippen LogP contribution in [0.1, 0.15) is 28.8 Å². The summed E-state index contributed by atoms with van der Waals surface area (Å²) in [6, 6.07) is 11.1. The van der Waals surface area contributed by atoms with Crippen molar-refractivity contribution in [3.8, 4) is 5.69 Å². The summed E-state index contributed by atoms with van der Waals surface area (Å²) in [6.45, 7) is 4.01. The van der Waals surface area contributed by atoms with Crippen molar-refractivity contribution >= 4 is 22.5 Å². The van der Waals surface area contributed by atoms with Crippen LogP contribution in [-0.2, 0) is 0 Å². The summed E-state index contributed by atoms with van der Waals surface area (Å²) in [5.74, 6) is -0.140. The fourth-order valence-electron chi connectivity index (χ4n) is 4.37. The number of hydrogen-bond donors (Lipinski definition) is 1. The highest BCUT2D eigenvalue weighted by Gasteiger charge is 2.24. The lowest BCUT2D eigenvalue weighted by Crippen LogP contribution is -2.47. The predicted octanol–water partition coefficient (Wildman–Crippen LogP) is 2.97. The second kappa shape index (κ2) is 9.13. The third-order valence-corrected chi connectivity index (χ3v) is 6.52. The standard InChI is InChI=1S/C25H27F2N5O2/c1-16-2-3-17(24(33)29-18-4-5-18)12-22(16)32-15-28-21-7-6-19(13-20(21)25(32)34)31-10-8-30(9-11-31)14-23(26)27/h2-3,6-7,12-13,15,18,23H,4-5,8-11,14H2,1H3,(H,29,33). The molecular formula is C25H27F2N5O2. The maximum absolute atomic E-state index is 13.5. The molecule has 1 aliphatic carbocycles. The second-order valence-corrected chi connectivity index (χ2v) is 9.05. The van der Waals surface area contributed by atoms with Crippen molar-refractivity contribution in [2.75, 3.05) is 37.6 Å². The van der Waals surface area contributed by atoms with Gasteiger partial charge in [-0.3, -0.25) is 19.1 Å². The Balaban J connectivity index is 1.44. The Bertz CT molecular complexity index is 1280. The molecule has 0 bridgehead atoms. The van der Waals surface area contributed by atoms with Gasteiger partial charge in [0.25, 0.3) is 17.9 Å². The molecule has 0 unspecified atom stereocenters. The van der Waals surface area contributed by atoms with Crippen molar-refractivity contribution in [1.29, 1.82) is 0 Å². The summed E-state index contributed by atoms with van der Waals surface area (Å²) < 4.78 is 26.8. The fraction of sp³-hybridized carbons (Fsp3) is 0.400. The lowest BCUT2D eigenvalue weighted by atomic mass is 10.1. The lowest BCUT2D eigenvalue weighted by molar-refractivity contribution is 0.0854. The molecule has 3 aromatic rings. The van der Waals surface area contributed by atoms with Gasteiger partial charge in [-0.25, -0.2) is 13.8 Å². The first-order chi connectivity index (χ1) is 16.4. The molecule has 1 aromatic heterocycles. The predicted molar refractivity (Wildman–Crippen MR) is 127 cm³/mol. The van der Waals surface area contributed by atoms with E-state index in [1.54, 1.807) is 17.0 Å². The SMILES string of the molecule is Cc1ccc(C(=O)NC2CC2)cc1-n1cnc2ccc(N3CCN(CC(F)F)CC3)cc2c1=O. The Morgan fingerprint density at radius 2 is 1.88 bits per heavy atom. The van der Waals surface area contributed by atoms with Crippen molar-refractivity contribution in [3.63, 3.8) is 0 Å². The first-order valence-electron chi connectivity index (χ1n) is 11.6. The summed E-state index contributed by atoms with van der Waals surface area (Å²) in [7, 11) is 0.